The third kappa shape index (κ3) is 3.23. The Hall–Kier alpha value is -1.55. The molecule has 1 unspecified atom stereocenters. The lowest BCUT2D eigenvalue weighted by Gasteiger charge is -2.26. The van der Waals surface area contributed by atoms with Gasteiger partial charge in [-0.2, -0.15) is 0 Å². The van der Waals surface area contributed by atoms with Crippen molar-refractivity contribution in [3.63, 3.8) is 0 Å². The number of carbonyl (C=O) groups is 1. The highest BCUT2D eigenvalue weighted by molar-refractivity contribution is 5.71. The van der Waals surface area contributed by atoms with E-state index in [-0.39, 0.29) is 24.7 Å². The lowest BCUT2D eigenvalue weighted by atomic mass is 10.0. The second kappa shape index (κ2) is 5.87. The minimum absolute atomic E-state index is 0.0683. The van der Waals surface area contributed by atoms with Crippen molar-refractivity contribution in [2.45, 2.75) is 32.4 Å². The number of rotatable bonds is 4. The highest BCUT2D eigenvalue weighted by Gasteiger charge is 2.21. The molecule has 1 aromatic rings. The number of hydrogen-bond acceptors (Lipinski definition) is 4. The maximum Gasteiger partial charge on any atom is 0.320 e. The Balaban J connectivity index is 1.93. The Morgan fingerprint density at radius 2 is 2.28 bits per heavy atom. The summed E-state index contributed by atoms with van der Waals surface area (Å²) < 4.78 is 10.7. The van der Waals surface area contributed by atoms with Gasteiger partial charge in [-0.25, -0.2) is 0 Å². The molecule has 2 rings (SSSR count). The standard InChI is InChI=1S/C14H19NO3/c1-10(2)18-14(16)9-15-12-7-8-17-13-6-4-3-5-11(12)13/h3-6,10,12,15H,7-9H2,1-2H3. The Kier molecular flexibility index (Phi) is 4.20. The molecule has 0 bridgehead atoms. The quantitative estimate of drug-likeness (QED) is 0.830. The predicted octanol–water partition coefficient (Wildman–Crippen LogP) is 2.05. The van der Waals surface area contributed by atoms with E-state index in [1.807, 2.05) is 38.1 Å². The van der Waals surface area contributed by atoms with Crippen LogP contribution in [0.5, 0.6) is 5.75 Å². The molecule has 4 heteroatoms. The predicted molar refractivity (Wildman–Crippen MR) is 68.5 cm³/mol. The number of hydrogen-bond donors (Lipinski definition) is 1. The SMILES string of the molecule is CC(C)OC(=O)CNC1CCOc2ccccc21. The lowest BCUT2D eigenvalue weighted by molar-refractivity contribution is -0.146. The largest absolute Gasteiger partial charge is 0.493 e. The van der Waals surface area contributed by atoms with Crippen molar-refractivity contribution in [1.29, 1.82) is 0 Å². The summed E-state index contributed by atoms with van der Waals surface area (Å²) in [6, 6.07) is 8.08. The number of benzene rings is 1. The van der Waals surface area contributed by atoms with Gasteiger partial charge in [-0.3, -0.25) is 10.1 Å². The number of nitrogens with one attached hydrogen (secondary N) is 1. The van der Waals surface area contributed by atoms with Gasteiger partial charge >= 0.3 is 5.97 Å². The minimum Gasteiger partial charge on any atom is -0.493 e. The van der Waals surface area contributed by atoms with Gasteiger partial charge in [-0.15, -0.1) is 0 Å². The van der Waals surface area contributed by atoms with Crippen LogP contribution in [0, 0.1) is 0 Å². The van der Waals surface area contributed by atoms with Crippen molar-refractivity contribution in [3.05, 3.63) is 29.8 Å². The fourth-order valence-corrected chi connectivity index (χ4v) is 2.07. The summed E-state index contributed by atoms with van der Waals surface area (Å²) in [6.45, 7) is 4.61. The van der Waals surface area contributed by atoms with E-state index in [4.69, 9.17) is 9.47 Å². The topological polar surface area (TPSA) is 47.6 Å². The van der Waals surface area contributed by atoms with Crippen molar-refractivity contribution < 1.29 is 14.3 Å². The van der Waals surface area contributed by atoms with Gasteiger partial charge in [-0.1, -0.05) is 18.2 Å². The van der Waals surface area contributed by atoms with Crippen LogP contribution in [0.3, 0.4) is 0 Å². The van der Waals surface area contributed by atoms with Gasteiger partial charge in [0.2, 0.25) is 0 Å². The van der Waals surface area contributed by atoms with Crippen LogP contribution < -0.4 is 10.1 Å². The lowest BCUT2D eigenvalue weighted by Crippen LogP contribution is -2.32. The Bertz CT molecular complexity index is 417. The monoisotopic (exact) mass is 249 g/mol. The molecule has 1 atom stereocenters. The number of fused-ring (bicyclic) bond motifs is 1. The summed E-state index contributed by atoms with van der Waals surface area (Å²) in [5, 5.41) is 3.23. The molecule has 0 radical (unpaired) electrons. The minimum atomic E-state index is -0.214. The van der Waals surface area contributed by atoms with Crippen LogP contribution in [0.15, 0.2) is 24.3 Å². The number of carbonyl (C=O) groups excluding carboxylic acids is 1. The Morgan fingerprint density at radius 1 is 1.50 bits per heavy atom. The third-order valence-electron chi connectivity index (χ3n) is 2.82. The van der Waals surface area contributed by atoms with E-state index in [2.05, 4.69) is 5.32 Å². The molecule has 1 aromatic carbocycles. The van der Waals surface area contributed by atoms with E-state index in [0.29, 0.717) is 6.61 Å². The number of para-hydroxylation sites is 1. The third-order valence-corrected chi connectivity index (χ3v) is 2.82. The van der Waals surface area contributed by atoms with Crippen LogP contribution in [-0.2, 0) is 9.53 Å². The first-order chi connectivity index (χ1) is 8.66. The van der Waals surface area contributed by atoms with Crippen molar-refractivity contribution in [2.24, 2.45) is 0 Å². The van der Waals surface area contributed by atoms with Gasteiger partial charge in [0.05, 0.1) is 19.3 Å². The highest BCUT2D eigenvalue weighted by atomic mass is 16.5. The van der Waals surface area contributed by atoms with Crippen LogP contribution in [-0.4, -0.2) is 25.2 Å². The summed E-state index contributed by atoms with van der Waals surface area (Å²) in [5.74, 6) is 0.687. The molecule has 0 fully saturated rings. The van der Waals surface area contributed by atoms with E-state index in [1.54, 1.807) is 0 Å². The molecule has 1 N–H and O–H groups in total. The summed E-state index contributed by atoms with van der Waals surface area (Å²) in [6.07, 6.45) is 0.799. The second-order valence-corrected chi connectivity index (χ2v) is 4.65. The van der Waals surface area contributed by atoms with Crippen LogP contribution in [0.2, 0.25) is 0 Å². The average Bonchev–Trinajstić information content (AvgIpc) is 2.35. The zero-order valence-corrected chi connectivity index (χ0v) is 10.8. The maximum absolute atomic E-state index is 11.5. The van der Waals surface area contributed by atoms with Crippen molar-refractivity contribution in [1.82, 2.24) is 5.32 Å². The second-order valence-electron chi connectivity index (χ2n) is 4.65. The Labute approximate surface area is 107 Å². The van der Waals surface area contributed by atoms with Gasteiger partial charge < -0.3 is 9.47 Å². The fraction of sp³-hybridized carbons (Fsp3) is 0.500. The summed E-state index contributed by atoms with van der Waals surface area (Å²) in [7, 11) is 0. The van der Waals surface area contributed by atoms with Crippen molar-refractivity contribution in [2.75, 3.05) is 13.2 Å². The van der Waals surface area contributed by atoms with Gasteiger partial charge in [0.15, 0.2) is 0 Å². The molecule has 0 aliphatic carbocycles. The fourth-order valence-electron chi connectivity index (χ4n) is 2.07. The summed E-state index contributed by atoms with van der Waals surface area (Å²) in [4.78, 5) is 11.5. The van der Waals surface area contributed by atoms with E-state index < -0.39 is 0 Å². The molecule has 98 valence electrons. The van der Waals surface area contributed by atoms with Gasteiger partial charge in [0, 0.05) is 18.0 Å². The smallest absolute Gasteiger partial charge is 0.320 e. The van der Waals surface area contributed by atoms with Gasteiger partial charge in [-0.05, 0) is 19.9 Å². The summed E-state index contributed by atoms with van der Waals surface area (Å²) in [5.41, 5.74) is 1.11. The molecule has 1 heterocycles. The van der Waals surface area contributed by atoms with Crippen molar-refractivity contribution in [3.8, 4) is 5.75 Å². The van der Waals surface area contributed by atoms with Crippen LogP contribution >= 0.6 is 0 Å². The Morgan fingerprint density at radius 3 is 3.06 bits per heavy atom. The van der Waals surface area contributed by atoms with Gasteiger partial charge in [0.1, 0.15) is 5.75 Å². The zero-order valence-electron chi connectivity index (χ0n) is 10.8. The molecule has 18 heavy (non-hydrogen) atoms. The molecular formula is C14H19NO3. The van der Waals surface area contributed by atoms with Crippen LogP contribution in [0.25, 0.3) is 0 Å². The molecule has 0 saturated heterocycles. The van der Waals surface area contributed by atoms with E-state index in [0.717, 1.165) is 17.7 Å². The van der Waals surface area contributed by atoms with Crippen molar-refractivity contribution >= 4 is 5.97 Å². The molecule has 0 amide bonds. The highest BCUT2D eigenvalue weighted by Crippen LogP contribution is 2.31. The molecule has 0 spiro atoms. The first kappa shape index (κ1) is 12.9. The number of esters is 1. The zero-order chi connectivity index (χ0) is 13.0. The van der Waals surface area contributed by atoms with E-state index in [9.17, 15) is 4.79 Å². The van der Waals surface area contributed by atoms with Gasteiger partial charge in [0.25, 0.3) is 0 Å². The molecule has 1 aliphatic heterocycles. The summed E-state index contributed by atoms with van der Waals surface area (Å²) >= 11 is 0. The number of ether oxygens (including phenoxy) is 2. The first-order valence-electron chi connectivity index (χ1n) is 6.31. The molecular weight excluding hydrogens is 230 g/mol. The molecule has 1 aliphatic rings. The van der Waals surface area contributed by atoms with Crippen LogP contribution in [0.1, 0.15) is 31.9 Å². The van der Waals surface area contributed by atoms with Crippen LogP contribution in [0.4, 0.5) is 0 Å². The average molecular weight is 249 g/mol. The van der Waals surface area contributed by atoms with E-state index >= 15 is 0 Å². The molecule has 0 aromatic heterocycles. The molecule has 0 saturated carbocycles. The first-order valence-corrected chi connectivity index (χ1v) is 6.31. The maximum atomic E-state index is 11.5. The normalized spacial score (nSPS) is 18.1. The molecule has 4 nitrogen and oxygen atoms in total. The van der Waals surface area contributed by atoms with E-state index in [1.165, 1.54) is 0 Å².